The van der Waals surface area contributed by atoms with Crippen molar-refractivity contribution in [1.29, 1.82) is 0 Å². The summed E-state index contributed by atoms with van der Waals surface area (Å²) in [6.45, 7) is 2.74. The first-order valence-corrected chi connectivity index (χ1v) is 7.65. The van der Waals surface area contributed by atoms with E-state index in [4.69, 9.17) is 11.6 Å². The standard InChI is InChI=1S/C15H19ClF4N2.ClH/c1-10(15(18,19)20)22-6-4-11(5-7-22)9-21-12-2-3-14(17)13(16)8-12;/h2-3,8,10-11,21H,4-7,9H2,1H3;1H. The number of nitrogens with zero attached hydrogens (tertiary/aromatic N) is 1. The molecule has 0 spiro atoms. The number of alkyl halides is 3. The summed E-state index contributed by atoms with van der Waals surface area (Å²) in [7, 11) is 0. The van der Waals surface area contributed by atoms with Crippen LogP contribution in [0.3, 0.4) is 0 Å². The van der Waals surface area contributed by atoms with Crippen LogP contribution in [0, 0.1) is 11.7 Å². The lowest BCUT2D eigenvalue weighted by atomic mass is 9.95. The fourth-order valence-electron chi connectivity index (χ4n) is 2.62. The summed E-state index contributed by atoms with van der Waals surface area (Å²) in [5.41, 5.74) is 0.720. The van der Waals surface area contributed by atoms with Gasteiger partial charge in [-0.25, -0.2) is 4.39 Å². The van der Waals surface area contributed by atoms with E-state index in [9.17, 15) is 17.6 Å². The summed E-state index contributed by atoms with van der Waals surface area (Å²) in [5, 5.41) is 3.22. The maximum atomic E-state index is 13.1. The molecule has 0 saturated carbocycles. The van der Waals surface area contributed by atoms with Crippen molar-refractivity contribution in [3.8, 4) is 0 Å². The van der Waals surface area contributed by atoms with E-state index in [1.54, 1.807) is 6.07 Å². The molecule has 8 heteroatoms. The van der Waals surface area contributed by atoms with Crippen LogP contribution in [0.25, 0.3) is 0 Å². The molecule has 132 valence electrons. The Bertz CT molecular complexity index is 503. The van der Waals surface area contributed by atoms with E-state index in [1.807, 2.05) is 0 Å². The van der Waals surface area contributed by atoms with E-state index >= 15 is 0 Å². The highest BCUT2D eigenvalue weighted by molar-refractivity contribution is 6.31. The molecule has 1 aromatic carbocycles. The molecule has 1 aliphatic rings. The van der Waals surface area contributed by atoms with Crippen LogP contribution in [-0.4, -0.2) is 36.8 Å². The van der Waals surface area contributed by atoms with Crippen LogP contribution >= 0.6 is 24.0 Å². The second-order valence-electron chi connectivity index (χ2n) is 5.71. The Hall–Kier alpha value is -0.720. The molecule has 23 heavy (non-hydrogen) atoms. The molecule has 1 saturated heterocycles. The van der Waals surface area contributed by atoms with E-state index in [0.29, 0.717) is 38.4 Å². The van der Waals surface area contributed by atoms with Gasteiger partial charge in [0.05, 0.1) is 5.02 Å². The molecule has 0 aliphatic carbocycles. The van der Waals surface area contributed by atoms with Crippen LogP contribution in [0.15, 0.2) is 18.2 Å². The van der Waals surface area contributed by atoms with Gasteiger partial charge >= 0.3 is 6.18 Å². The number of halogens is 6. The Morgan fingerprint density at radius 1 is 1.30 bits per heavy atom. The minimum atomic E-state index is -4.17. The van der Waals surface area contributed by atoms with E-state index < -0.39 is 18.0 Å². The zero-order valence-corrected chi connectivity index (χ0v) is 14.2. The van der Waals surface area contributed by atoms with Gasteiger partial charge in [0, 0.05) is 12.2 Å². The molecule has 2 nitrogen and oxygen atoms in total. The first-order valence-electron chi connectivity index (χ1n) is 7.27. The monoisotopic (exact) mass is 374 g/mol. The third kappa shape index (κ3) is 5.69. The van der Waals surface area contributed by atoms with Gasteiger partial charge in [-0.05, 0) is 57.0 Å². The molecular weight excluding hydrogens is 355 g/mol. The van der Waals surface area contributed by atoms with E-state index in [0.717, 1.165) is 5.69 Å². The number of hydrogen-bond acceptors (Lipinski definition) is 2. The summed E-state index contributed by atoms with van der Waals surface area (Å²) in [4.78, 5) is 1.48. The van der Waals surface area contributed by atoms with E-state index in [2.05, 4.69) is 5.32 Å². The van der Waals surface area contributed by atoms with Gasteiger partial charge in [-0.15, -0.1) is 12.4 Å². The molecule has 1 fully saturated rings. The molecule has 0 amide bonds. The minimum absolute atomic E-state index is 0. The van der Waals surface area contributed by atoms with Gasteiger partial charge in [0.15, 0.2) is 0 Å². The molecule has 1 unspecified atom stereocenters. The topological polar surface area (TPSA) is 15.3 Å². The third-order valence-electron chi connectivity index (χ3n) is 4.19. The predicted molar refractivity (Wildman–Crippen MR) is 87.0 cm³/mol. The maximum Gasteiger partial charge on any atom is 0.403 e. The molecule has 1 N–H and O–H groups in total. The number of hydrogen-bond donors (Lipinski definition) is 1. The number of likely N-dealkylation sites (tertiary alicyclic amines) is 1. The molecular formula is C15H20Cl2F4N2. The second kappa shape index (κ2) is 8.40. The molecule has 0 aromatic heterocycles. The number of benzene rings is 1. The molecule has 0 radical (unpaired) electrons. The summed E-state index contributed by atoms with van der Waals surface area (Å²) < 4.78 is 51.1. The first-order chi connectivity index (χ1) is 10.3. The van der Waals surface area contributed by atoms with Gasteiger partial charge in [-0.2, -0.15) is 13.2 Å². The van der Waals surface area contributed by atoms with Crippen molar-refractivity contribution in [2.45, 2.75) is 32.0 Å². The minimum Gasteiger partial charge on any atom is -0.385 e. The Morgan fingerprint density at radius 2 is 1.91 bits per heavy atom. The zero-order chi connectivity index (χ0) is 16.3. The number of nitrogens with one attached hydrogen (secondary N) is 1. The quantitative estimate of drug-likeness (QED) is 0.748. The Balaban J connectivity index is 0.00000264. The lowest BCUT2D eigenvalue weighted by Gasteiger charge is -2.36. The molecule has 1 aliphatic heterocycles. The summed E-state index contributed by atoms with van der Waals surface area (Å²) in [6, 6.07) is 3.01. The fourth-order valence-corrected chi connectivity index (χ4v) is 2.80. The predicted octanol–water partition coefficient (Wildman–Crippen LogP) is 4.98. The Kier molecular flexibility index (Phi) is 7.42. The van der Waals surface area contributed by atoms with E-state index in [1.165, 1.54) is 24.0 Å². The van der Waals surface area contributed by atoms with Crippen molar-refractivity contribution in [3.05, 3.63) is 29.0 Å². The lowest BCUT2D eigenvalue weighted by Crippen LogP contribution is -2.47. The lowest BCUT2D eigenvalue weighted by molar-refractivity contribution is -0.181. The van der Waals surface area contributed by atoms with Crippen molar-refractivity contribution >= 4 is 29.7 Å². The van der Waals surface area contributed by atoms with Gasteiger partial charge in [0.1, 0.15) is 11.9 Å². The number of piperidine rings is 1. The third-order valence-corrected chi connectivity index (χ3v) is 4.47. The highest BCUT2D eigenvalue weighted by Crippen LogP contribution is 2.28. The summed E-state index contributed by atoms with van der Waals surface area (Å²) >= 11 is 5.70. The molecule has 2 rings (SSSR count). The summed E-state index contributed by atoms with van der Waals surface area (Å²) in [6.07, 6.45) is -2.75. The molecule has 1 heterocycles. The van der Waals surface area contributed by atoms with Crippen LogP contribution in [0.5, 0.6) is 0 Å². The Labute approximate surface area is 144 Å². The zero-order valence-electron chi connectivity index (χ0n) is 12.7. The largest absolute Gasteiger partial charge is 0.403 e. The van der Waals surface area contributed by atoms with Crippen molar-refractivity contribution in [1.82, 2.24) is 4.90 Å². The fraction of sp³-hybridized carbons (Fsp3) is 0.600. The second-order valence-corrected chi connectivity index (χ2v) is 6.11. The number of rotatable bonds is 4. The molecule has 1 aromatic rings. The highest BCUT2D eigenvalue weighted by Gasteiger charge is 2.40. The van der Waals surface area contributed by atoms with Gasteiger partial charge in [-0.1, -0.05) is 11.6 Å². The smallest absolute Gasteiger partial charge is 0.385 e. The van der Waals surface area contributed by atoms with Gasteiger partial charge in [0.2, 0.25) is 0 Å². The maximum absolute atomic E-state index is 13.1. The van der Waals surface area contributed by atoms with Crippen molar-refractivity contribution in [3.63, 3.8) is 0 Å². The average Bonchev–Trinajstić information content (AvgIpc) is 2.47. The van der Waals surface area contributed by atoms with Crippen LogP contribution in [-0.2, 0) is 0 Å². The van der Waals surface area contributed by atoms with Crippen LogP contribution in [0.1, 0.15) is 19.8 Å². The average molecular weight is 375 g/mol. The highest BCUT2D eigenvalue weighted by atomic mass is 35.5. The van der Waals surface area contributed by atoms with Gasteiger partial charge in [-0.3, -0.25) is 4.90 Å². The molecule has 1 atom stereocenters. The SMILES string of the molecule is CC(N1CCC(CNc2ccc(F)c(Cl)c2)CC1)C(F)(F)F.Cl. The van der Waals surface area contributed by atoms with E-state index in [-0.39, 0.29) is 17.4 Å². The summed E-state index contributed by atoms with van der Waals surface area (Å²) in [5.74, 6) is -0.165. The normalized spacial score (nSPS) is 18.3. The van der Waals surface area contributed by atoms with Gasteiger partial charge < -0.3 is 5.32 Å². The van der Waals surface area contributed by atoms with Crippen LogP contribution in [0.4, 0.5) is 23.2 Å². The van der Waals surface area contributed by atoms with Crippen molar-refractivity contribution < 1.29 is 17.6 Å². The van der Waals surface area contributed by atoms with Crippen molar-refractivity contribution in [2.24, 2.45) is 5.92 Å². The van der Waals surface area contributed by atoms with Crippen LogP contribution < -0.4 is 5.32 Å². The number of anilines is 1. The van der Waals surface area contributed by atoms with Crippen molar-refractivity contribution in [2.75, 3.05) is 25.0 Å². The Morgan fingerprint density at radius 3 is 2.43 bits per heavy atom. The first kappa shape index (κ1) is 20.3. The van der Waals surface area contributed by atoms with Gasteiger partial charge in [0.25, 0.3) is 0 Å². The molecule has 0 bridgehead atoms. The van der Waals surface area contributed by atoms with Crippen LogP contribution in [0.2, 0.25) is 5.02 Å².